The van der Waals surface area contributed by atoms with E-state index in [0.717, 1.165) is 32.1 Å². The zero-order valence-corrected chi connectivity index (χ0v) is 38.7. The van der Waals surface area contributed by atoms with Crippen LogP contribution in [0, 0.1) is 0 Å². The lowest BCUT2D eigenvalue weighted by molar-refractivity contribution is -0.161. The Labute approximate surface area is 356 Å². The third-order valence-corrected chi connectivity index (χ3v) is 12.0. The summed E-state index contributed by atoms with van der Waals surface area (Å²) in [7, 11) is -4.61. The Morgan fingerprint density at radius 1 is 0.448 bits per heavy atom. The molecule has 0 heterocycles. The fourth-order valence-electron chi connectivity index (χ4n) is 7.23. The Kier molecular flexibility index (Phi) is 43.3. The van der Waals surface area contributed by atoms with E-state index in [1.807, 2.05) is 0 Å². The van der Waals surface area contributed by atoms with E-state index < -0.39 is 51.8 Å². The SMILES string of the molecule is CCCCCCCCCCCCCCCCCCCCCCCCC(=O)O[C@H](COC(=O)CCCCCCCCCCCCCCC)COP(=O)(O)OC[C@@H](O)CO. The number of hydrogen-bond acceptors (Lipinski definition) is 9. The lowest BCUT2D eigenvalue weighted by Crippen LogP contribution is -2.29. The van der Waals surface area contributed by atoms with Crippen LogP contribution in [0.1, 0.15) is 251 Å². The number of phosphoric ester groups is 1. The van der Waals surface area contributed by atoms with Crippen molar-refractivity contribution in [3.63, 3.8) is 0 Å². The molecule has 3 atom stereocenters. The van der Waals surface area contributed by atoms with Crippen LogP contribution in [-0.4, -0.2) is 65.7 Å². The quantitative estimate of drug-likeness (QED) is 0.0307. The monoisotopic (exact) mass is 849 g/mol. The highest BCUT2D eigenvalue weighted by Crippen LogP contribution is 2.43. The first-order chi connectivity index (χ1) is 28.2. The lowest BCUT2D eigenvalue weighted by atomic mass is 10.0. The van der Waals surface area contributed by atoms with Crippen LogP contribution in [0.4, 0.5) is 0 Å². The summed E-state index contributed by atoms with van der Waals surface area (Å²) in [4.78, 5) is 35.1. The van der Waals surface area contributed by atoms with E-state index in [4.69, 9.17) is 23.6 Å². The predicted molar refractivity (Wildman–Crippen MR) is 238 cm³/mol. The Bertz CT molecular complexity index is 935. The molecule has 0 saturated carbocycles. The van der Waals surface area contributed by atoms with Crippen LogP contribution in [-0.2, 0) is 32.7 Å². The summed E-state index contributed by atoms with van der Waals surface area (Å²) in [5.74, 6) is -0.906. The number of hydrogen-bond donors (Lipinski definition) is 3. The van der Waals surface area contributed by atoms with Crippen molar-refractivity contribution in [3.05, 3.63) is 0 Å². The van der Waals surface area contributed by atoms with Gasteiger partial charge in [0.1, 0.15) is 12.7 Å². The van der Waals surface area contributed by atoms with Crippen molar-refractivity contribution in [2.45, 2.75) is 264 Å². The maximum Gasteiger partial charge on any atom is 0.472 e. The summed E-state index contributed by atoms with van der Waals surface area (Å²) in [5.41, 5.74) is 0. The van der Waals surface area contributed by atoms with Gasteiger partial charge in [-0.15, -0.1) is 0 Å². The van der Waals surface area contributed by atoms with Crippen LogP contribution in [0.3, 0.4) is 0 Å². The summed E-state index contributed by atoms with van der Waals surface area (Å²) < 4.78 is 32.8. The molecule has 0 aliphatic carbocycles. The van der Waals surface area contributed by atoms with Gasteiger partial charge in [0.2, 0.25) is 0 Å². The molecule has 58 heavy (non-hydrogen) atoms. The molecule has 3 N–H and O–H groups in total. The highest BCUT2D eigenvalue weighted by molar-refractivity contribution is 7.47. The minimum Gasteiger partial charge on any atom is -0.462 e. The van der Waals surface area contributed by atoms with Crippen LogP contribution < -0.4 is 0 Å². The van der Waals surface area contributed by atoms with E-state index in [1.165, 1.54) is 180 Å². The minimum absolute atomic E-state index is 0.193. The number of aliphatic hydroxyl groups is 2. The summed E-state index contributed by atoms with van der Waals surface area (Å²) in [6.45, 7) is 2.44. The lowest BCUT2D eigenvalue weighted by Gasteiger charge is -2.20. The van der Waals surface area contributed by atoms with Crippen molar-refractivity contribution in [2.75, 3.05) is 26.4 Å². The number of esters is 2. The molecule has 11 heteroatoms. The van der Waals surface area contributed by atoms with Gasteiger partial charge in [-0.05, 0) is 12.8 Å². The Morgan fingerprint density at radius 3 is 1.07 bits per heavy atom. The molecule has 10 nitrogen and oxygen atoms in total. The van der Waals surface area contributed by atoms with Crippen molar-refractivity contribution in [1.29, 1.82) is 0 Å². The maximum absolute atomic E-state index is 12.7. The molecule has 0 radical (unpaired) electrons. The fourth-order valence-corrected chi connectivity index (χ4v) is 8.02. The number of ether oxygens (including phenoxy) is 2. The second-order valence-electron chi connectivity index (χ2n) is 16.9. The van der Waals surface area contributed by atoms with Gasteiger partial charge < -0.3 is 24.6 Å². The molecule has 0 amide bonds. The number of carbonyl (C=O) groups excluding carboxylic acids is 2. The molecule has 0 aromatic rings. The molecule has 346 valence electrons. The number of phosphoric acid groups is 1. The second kappa shape index (κ2) is 44.0. The van der Waals surface area contributed by atoms with Crippen LogP contribution in [0.15, 0.2) is 0 Å². The third-order valence-electron chi connectivity index (χ3n) is 11.0. The van der Waals surface area contributed by atoms with E-state index in [1.54, 1.807) is 0 Å². The molecule has 0 aromatic carbocycles. The standard InChI is InChI=1S/C47H93O10P/c1-3-5-7-9-11-13-15-17-18-19-20-21-22-23-24-25-27-29-31-33-35-37-39-47(51)57-45(43-56-58(52,53)55-41-44(49)40-48)42-54-46(50)38-36-34-32-30-28-26-16-14-12-10-8-6-4-2/h44-45,48-49H,3-43H2,1-2H3,(H,52,53)/t44-,45+/m0/s1. The third kappa shape index (κ3) is 43.1. The number of unbranched alkanes of at least 4 members (excludes halogenated alkanes) is 33. The molecule has 0 aromatic heterocycles. The highest BCUT2D eigenvalue weighted by Gasteiger charge is 2.27. The van der Waals surface area contributed by atoms with Crippen LogP contribution in [0.2, 0.25) is 0 Å². The van der Waals surface area contributed by atoms with Gasteiger partial charge in [-0.3, -0.25) is 18.6 Å². The molecule has 0 bridgehead atoms. The molecular formula is C47H93O10P. The van der Waals surface area contributed by atoms with Crippen molar-refractivity contribution in [2.24, 2.45) is 0 Å². The molecule has 0 aliphatic rings. The van der Waals surface area contributed by atoms with Crippen molar-refractivity contribution >= 4 is 19.8 Å². The Balaban J connectivity index is 4.11. The normalized spacial score (nSPS) is 13.7. The zero-order chi connectivity index (χ0) is 42.6. The van der Waals surface area contributed by atoms with Gasteiger partial charge >= 0.3 is 19.8 Å². The van der Waals surface area contributed by atoms with Gasteiger partial charge in [0.05, 0.1) is 19.8 Å². The summed E-state index contributed by atoms with van der Waals surface area (Å²) in [5, 5.41) is 18.4. The van der Waals surface area contributed by atoms with Crippen LogP contribution >= 0.6 is 7.82 Å². The van der Waals surface area contributed by atoms with E-state index in [2.05, 4.69) is 13.8 Å². The summed E-state index contributed by atoms with van der Waals surface area (Å²) in [6.07, 6.45) is 42.2. The average Bonchev–Trinajstić information content (AvgIpc) is 3.21. The average molecular weight is 849 g/mol. The minimum atomic E-state index is -4.61. The van der Waals surface area contributed by atoms with E-state index in [-0.39, 0.29) is 19.4 Å². The van der Waals surface area contributed by atoms with Crippen molar-refractivity contribution in [1.82, 2.24) is 0 Å². The van der Waals surface area contributed by atoms with E-state index >= 15 is 0 Å². The van der Waals surface area contributed by atoms with Crippen LogP contribution in [0.25, 0.3) is 0 Å². The van der Waals surface area contributed by atoms with Gasteiger partial charge in [-0.1, -0.05) is 226 Å². The topological polar surface area (TPSA) is 149 Å². The molecule has 0 fully saturated rings. The molecular weight excluding hydrogens is 755 g/mol. The molecule has 0 aliphatic heterocycles. The first-order valence-electron chi connectivity index (χ1n) is 24.5. The first kappa shape index (κ1) is 57.0. The van der Waals surface area contributed by atoms with Crippen molar-refractivity contribution in [3.8, 4) is 0 Å². The fraction of sp³-hybridized carbons (Fsp3) is 0.957. The molecule has 0 saturated heterocycles. The summed E-state index contributed by atoms with van der Waals surface area (Å²) in [6, 6.07) is 0. The first-order valence-corrected chi connectivity index (χ1v) is 26.0. The molecule has 0 rings (SSSR count). The van der Waals surface area contributed by atoms with Gasteiger partial charge in [-0.25, -0.2) is 4.57 Å². The van der Waals surface area contributed by atoms with Gasteiger partial charge in [0.25, 0.3) is 0 Å². The van der Waals surface area contributed by atoms with E-state index in [0.29, 0.717) is 12.8 Å². The van der Waals surface area contributed by atoms with Crippen molar-refractivity contribution < 1.29 is 47.8 Å². The van der Waals surface area contributed by atoms with E-state index in [9.17, 15) is 24.2 Å². The predicted octanol–water partition coefficient (Wildman–Crippen LogP) is 13.4. The maximum atomic E-state index is 12.7. The van der Waals surface area contributed by atoms with Crippen LogP contribution in [0.5, 0.6) is 0 Å². The Morgan fingerprint density at radius 2 is 0.741 bits per heavy atom. The Hall–Kier alpha value is -1.03. The second-order valence-corrected chi connectivity index (χ2v) is 18.3. The smallest absolute Gasteiger partial charge is 0.462 e. The van der Waals surface area contributed by atoms with Gasteiger partial charge in [-0.2, -0.15) is 0 Å². The highest BCUT2D eigenvalue weighted by atomic mass is 31.2. The number of aliphatic hydroxyl groups excluding tert-OH is 2. The molecule has 1 unspecified atom stereocenters. The zero-order valence-electron chi connectivity index (χ0n) is 37.8. The largest absolute Gasteiger partial charge is 0.472 e. The molecule has 0 spiro atoms. The van der Waals surface area contributed by atoms with Gasteiger partial charge in [0, 0.05) is 12.8 Å². The number of rotatable bonds is 47. The number of carbonyl (C=O) groups is 2. The summed E-state index contributed by atoms with van der Waals surface area (Å²) >= 11 is 0. The van der Waals surface area contributed by atoms with Gasteiger partial charge in [0.15, 0.2) is 6.10 Å².